The van der Waals surface area contributed by atoms with Gasteiger partial charge in [-0.3, -0.25) is 0 Å². The molecule has 0 heterocycles. The van der Waals surface area contributed by atoms with Crippen LogP contribution in [0.5, 0.6) is 0 Å². The van der Waals surface area contributed by atoms with Crippen molar-refractivity contribution in [3.8, 4) is 0 Å². The number of carbonyl (C=O) groups is 1. The molecule has 2 N–H and O–H groups in total. The Balaban J connectivity index is 3.35. The van der Waals surface area contributed by atoms with Crippen LogP contribution in [0.3, 0.4) is 0 Å². The first-order valence-electron chi connectivity index (χ1n) is 3.68. The molecule has 0 aromatic rings. The lowest BCUT2D eigenvalue weighted by Crippen LogP contribution is -2.39. The summed E-state index contributed by atoms with van der Waals surface area (Å²) in [6.45, 7) is 2.61. The second-order valence-corrected chi connectivity index (χ2v) is 2.41. The Kier molecular flexibility index (Phi) is 5.56. The molecule has 0 aromatic carbocycles. The Morgan fingerprint density at radius 1 is 1.64 bits per heavy atom. The van der Waals surface area contributed by atoms with Crippen LogP contribution in [-0.2, 0) is 4.74 Å². The Morgan fingerprint density at radius 3 is 2.73 bits per heavy atom. The van der Waals surface area contributed by atoms with Crippen LogP contribution in [0.15, 0.2) is 0 Å². The minimum Gasteiger partial charge on any atom is -0.385 e. The topological polar surface area (TPSA) is 50.4 Å². The van der Waals surface area contributed by atoms with Gasteiger partial charge in [0.25, 0.3) is 0 Å². The molecule has 0 saturated carbocycles. The first-order chi connectivity index (χ1) is 5.20. The van der Waals surface area contributed by atoms with Crippen molar-refractivity contribution in [2.24, 2.45) is 0 Å². The van der Waals surface area contributed by atoms with Crippen LogP contribution < -0.4 is 10.6 Å². The zero-order chi connectivity index (χ0) is 8.69. The van der Waals surface area contributed by atoms with Crippen molar-refractivity contribution in [3.63, 3.8) is 0 Å². The van der Waals surface area contributed by atoms with Gasteiger partial charge in [0.1, 0.15) is 0 Å². The van der Waals surface area contributed by atoms with Crippen LogP contribution >= 0.6 is 0 Å². The summed E-state index contributed by atoms with van der Waals surface area (Å²) in [4.78, 5) is 10.7. The molecule has 0 aliphatic carbocycles. The molecular formula is C7H16N2O2. The molecule has 0 saturated heterocycles. The maximum absolute atomic E-state index is 10.7. The summed E-state index contributed by atoms with van der Waals surface area (Å²) in [5, 5.41) is 5.22. The number of carbonyl (C=O) groups excluding carboxylic acids is 1. The van der Waals surface area contributed by atoms with E-state index in [2.05, 4.69) is 10.6 Å². The van der Waals surface area contributed by atoms with Gasteiger partial charge in [0.2, 0.25) is 0 Å². The van der Waals surface area contributed by atoms with Crippen molar-refractivity contribution in [2.45, 2.75) is 19.4 Å². The predicted octanol–water partition coefficient (Wildman–Crippen LogP) is 0.340. The minimum absolute atomic E-state index is 0.145. The van der Waals surface area contributed by atoms with E-state index in [9.17, 15) is 4.79 Å². The van der Waals surface area contributed by atoms with Gasteiger partial charge in [0.15, 0.2) is 0 Å². The Bertz CT molecular complexity index is 117. The molecular weight excluding hydrogens is 144 g/mol. The highest BCUT2D eigenvalue weighted by Crippen LogP contribution is 1.89. The van der Waals surface area contributed by atoms with Crippen molar-refractivity contribution in [1.82, 2.24) is 10.6 Å². The lowest BCUT2D eigenvalue weighted by molar-refractivity contribution is 0.184. The summed E-state index contributed by atoms with van der Waals surface area (Å²) in [6.07, 6.45) is 0.837. The maximum atomic E-state index is 10.7. The molecule has 4 heteroatoms. The van der Waals surface area contributed by atoms with Gasteiger partial charge in [-0.05, 0) is 13.3 Å². The van der Waals surface area contributed by atoms with E-state index in [4.69, 9.17) is 4.74 Å². The molecule has 2 amide bonds. The van der Waals surface area contributed by atoms with Gasteiger partial charge in [-0.15, -0.1) is 0 Å². The molecule has 4 nitrogen and oxygen atoms in total. The number of ether oxygens (including phenoxy) is 1. The van der Waals surface area contributed by atoms with E-state index in [-0.39, 0.29) is 12.1 Å². The number of rotatable bonds is 4. The van der Waals surface area contributed by atoms with Gasteiger partial charge in [0, 0.05) is 26.8 Å². The Hall–Kier alpha value is -0.770. The second kappa shape index (κ2) is 5.97. The van der Waals surface area contributed by atoms with E-state index in [0.717, 1.165) is 6.42 Å². The molecule has 1 unspecified atom stereocenters. The Labute approximate surface area is 67.3 Å². The van der Waals surface area contributed by atoms with Gasteiger partial charge < -0.3 is 15.4 Å². The van der Waals surface area contributed by atoms with Gasteiger partial charge in [-0.1, -0.05) is 0 Å². The number of methoxy groups -OCH3 is 1. The summed E-state index contributed by atoms with van der Waals surface area (Å²) in [5.74, 6) is 0. The molecule has 0 aromatic heterocycles. The fraction of sp³-hybridized carbons (Fsp3) is 0.857. The number of urea groups is 1. The van der Waals surface area contributed by atoms with Crippen molar-refractivity contribution < 1.29 is 9.53 Å². The average molecular weight is 160 g/mol. The van der Waals surface area contributed by atoms with Crippen LogP contribution in [0.4, 0.5) is 4.79 Å². The largest absolute Gasteiger partial charge is 0.385 e. The van der Waals surface area contributed by atoms with Crippen molar-refractivity contribution in [1.29, 1.82) is 0 Å². The van der Waals surface area contributed by atoms with E-state index >= 15 is 0 Å². The van der Waals surface area contributed by atoms with Crippen LogP contribution in [0.1, 0.15) is 13.3 Å². The smallest absolute Gasteiger partial charge is 0.314 e. The van der Waals surface area contributed by atoms with Gasteiger partial charge >= 0.3 is 6.03 Å². The molecule has 0 spiro atoms. The first-order valence-corrected chi connectivity index (χ1v) is 3.68. The van der Waals surface area contributed by atoms with Crippen LogP contribution in [0.25, 0.3) is 0 Å². The summed E-state index contributed by atoms with van der Waals surface area (Å²) < 4.78 is 4.86. The molecule has 66 valence electrons. The lowest BCUT2D eigenvalue weighted by atomic mass is 10.2. The minimum atomic E-state index is -0.145. The monoisotopic (exact) mass is 160 g/mol. The second-order valence-electron chi connectivity index (χ2n) is 2.41. The third-order valence-electron chi connectivity index (χ3n) is 1.36. The third-order valence-corrected chi connectivity index (χ3v) is 1.36. The summed E-state index contributed by atoms with van der Waals surface area (Å²) in [7, 11) is 3.24. The van der Waals surface area contributed by atoms with E-state index in [1.54, 1.807) is 14.2 Å². The number of nitrogens with one attached hydrogen (secondary N) is 2. The van der Waals surface area contributed by atoms with Gasteiger partial charge in [0.05, 0.1) is 0 Å². The van der Waals surface area contributed by atoms with E-state index in [1.807, 2.05) is 6.92 Å². The summed E-state index contributed by atoms with van der Waals surface area (Å²) in [6, 6.07) is 0.0171. The molecule has 0 rings (SSSR count). The van der Waals surface area contributed by atoms with Crippen molar-refractivity contribution in [3.05, 3.63) is 0 Å². The standard InChI is InChI=1S/C7H16N2O2/c1-6(4-5-11-3)9-7(10)8-2/h6H,4-5H2,1-3H3,(H2,8,9,10). The van der Waals surface area contributed by atoms with E-state index < -0.39 is 0 Å². The summed E-state index contributed by atoms with van der Waals surface area (Å²) in [5.41, 5.74) is 0. The molecule has 11 heavy (non-hydrogen) atoms. The van der Waals surface area contributed by atoms with E-state index in [0.29, 0.717) is 6.61 Å². The predicted molar refractivity (Wildman–Crippen MR) is 43.5 cm³/mol. The zero-order valence-electron chi connectivity index (χ0n) is 7.31. The highest BCUT2D eigenvalue weighted by Gasteiger charge is 2.03. The van der Waals surface area contributed by atoms with Crippen LogP contribution in [0.2, 0.25) is 0 Å². The van der Waals surface area contributed by atoms with Gasteiger partial charge in [-0.2, -0.15) is 0 Å². The average Bonchev–Trinajstić information content (AvgIpc) is 2.00. The van der Waals surface area contributed by atoms with Crippen LogP contribution in [0, 0.1) is 0 Å². The van der Waals surface area contributed by atoms with E-state index in [1.165, 1.54) is 0 Å². The number of hydrogen-bond donors (Lipinski definition) is 2. The lowest BCUT2D eigenvalue weighted by Gasteiger charge is -2.12. The molecule has 0 aliphatic rings. The third kappa shape index (κ3) is 5.66. The van der Waals surface area contributed by atoms with Crippen LogP contribution in [-0.4, -0.2) is 32.8 Å². The maximum Gasteiger partial charge on any atom is 0.314 e. The first kappa shape index (κ1) is 10.2. The normalized spacial score (nSPS) is 12.3. The molecule has 1 atom stereocenters. The highest BCUT2D eigenvalue weighted by molar-refractivity contribution is 5.73. The number of amides is 2. The SMILES string of the molecule is CNC(=O)NC(C)CCOC. The fourth-order valence-corrected chi connectivity index (χ4v) is 0.663. The number of hydrogen-bond acceptors (Lipinski definition) is 2. The Morgan fingerprint density at radius 2 is 2.27 bits per heavy atom. The quantitative estimate of drug-likeness (QED) is 0.623. The van der Waals surface area contributed by atoms with Crippen molar-refractivity contribution in [2.75, 3.05) is 20.8 Å². The van der Waals surface area contributed by atoms with Crippen molar-refractivity contribution >= 4 is 6.03 Å². The molecule has 0 fully saturated rings. The molecule has 0 radical (unpaired) electrons. The van der Waals surface area contributed by atoms with Gasteiger partial charge in [-0.25, -0.2) is 4.79 Å². The zero-order valence-corrected chi connectivity index (χ0v) is 7.31. The highest BCUT2D eigenvalue weighted by atomic mass is 16.5. The summed E-state index contributed by atoms with van der Waals surface area (Å²) >= 11 is 0. The molecule has 0 aliphatic heterocycles. The molecule has 0 bridgehead atoms. The fourth-order valence-electron chi connectivity index (χ4n) is 0.663.